The third-order valence-electron chi connectivity index (χ3n) is 3.49. The fourth-order valence-corrected chi connectivity index (χ4v) is 2.57. The third-order valence-corrected chi connectivity index (χ3v) is 4.23. The third kappa shape index (κ3) is 6.32. The van der Waals surface area contributed by atoms with E-state index in [2.05, 4.69) is 46.1 Å². The summed E-state index contributed by atoms with van der Waals surface area (Å²) in [5, 5.41) is 6.54. The minimum absolute atomic E-state index is 0. The fraction of sp³-hybridized carbons (Fsp3) is 0.278. The number of anilines is 1. The van der Waals surface area contributed by atoms with Gasteiger partial charge in [-0.1, -0.05) is 12.1 Å². The zero-order valence-electron chi connectivity index (χ0n) is 14.8. The Morgan fingerprint density at radius 3 is 2.28 bits per heavy atom. The maximum absolute atomic E-state index is 5.32. The predicted molar refractivity (Wildman–Crippen MR) is 117 cm³/mol. The molecule has 0 saturated carbocycles. The van der Waals surface area contributed by atoms with Gasteiger partial charge in [0.05, 0.1) is 14.2 Å². The number of rotatable bonds is 6. The molecular formula is C18H24IN3O2S. The minimum Gasteiger partial charge on any atom is -0.493 e. The van der Waals surface area contributed by atoms with Crippen LogP contribution in [0.25, 0.3) is 0 Å². The molecule has 0 heterocycles. The summed E-state index contributed by atoms with van der Waals surface area (Å²) in [5.41, 5.74) is 2.07. The van der Waals surface area contributed by atoms with Crippen molar-refractivity contribution in [3.63, 3.8) is 0 Å². The molecule has 5 nitrogen and oxygen atoms in total. The van der Waals surface area contributed by atoms with Gasteiger partial charge in [0.15, 0.2) is 17.5 Å². The fourth-order valence-electron chi connectivity index (χ4n) is 2.16. The van der Waals surface area contributed by atoms with E-state index in [1.54, 1.807) is 33.0 Å². The summed E-state index contributed by atoms with van der Waals surface area (Å²) < 4.78 is 10.6. The zero-order valence-corrected chi connectivity index (χ0v) is 18.0. The lowest BCUT2D eigenvalue weighted by atomic mass is 10.2. The average Bonchev–Trinajstić information content (AvgIpc) is 2.65. The van der Waals surface area contributed by atoms with Gasteiger partial charge in [-0.2, -0.15) is 0 Å². The molecule has 0 amide bonds. The van der Waals surface area contributed by atoms with Crippen LogP contribution in [0.15, 0.2) is 52.4 Å². The molecule has 2 aromatic carbocycles. The molecule has 2 aromatic rings. The van der Waals surface area contributed by atoms with Crippen molar-refractivity contribution in [2.24, 2.45) is 4.99 Å². The molecule has 2 N–H and O–H groups in total. The SMILES string of the molecule is CN=C(NCc1ccc(SC)cc1)Nc1ccc(OC)c(OC)c1.I. The lowest BCUT2D eigenvalue weighted by molar-refractivity contribution is 0.355. The van der Waals surface area contributed by atoms with Gasteiger partial charge in [0.2, 0.25) is 0 Å². The van der Waals surface area contributed by atoms with Crippen LogP contribution in [0, 0.1) is 0 Å². The highest BCUT2D eigenvalue weighted by Gasteiger charge is 2.06. The number of nitrogens with zero attached hydrogens (tertiary/aromatic N) is 1. The Hall–Kier alpha value is -1.61. The number of aliphatic imine (C=N–C) groups is 1. The molecule has 0 atom stereocenters. The first-order valence-electron chi connectivity index (χ1n) is 7.52. The summed E-state index contributed by atoms with van der Waals surface area (Å²) in [5.74, 6) is 2.06. The highest BCUT2D eigenvalue weighted by atomic mass is 127. The van der Waals surface area contributed by atoms with Crippen LogP contribution in [0.3, 0.4) is 0 Å². The van der Waals surface area contributed by atoms with E-state index < -0.39 is 0 Å². The molecule has 0 aromatic heterocycles. The normalized spacial score (nSPS) is 10.6. The summed E-state index contributed by atoms with van der Waals surface area (Å²) in [4.78, 5) is 5.50. The highest BCUT2D eigenvalue weighted by Crippen LogP contribution is 2.29. The van der Waals surface area contributed by atoms with Crippen LogP contribution >= 0.6 is 35.7 Å². The van der Waals surface area contributed by atoms with Gasteiger partial charge in [0.1, 0.15) is 0 Å². The molecule has 0 bridgehead atoms. The Morgan fingerprint density at radius 2 is 1.72 bits per heavy atom. The van der Waals surface area contributed by atoms with E-state index >= 15 is 0 Å². The Labute approximate surface area is 170 Å². The number of nitrogens with one attached hydrogen (secondary N) is 2. The van der Waals surface area contributed by atoms with E-state index in [0.29, 0.717) is 24.0 Å². The first kappa shape index (κ1) is 21.4. The van der Waals surface area contributed by atoms with Crippen molar-refractivity contribution in [3.05, 3.63) is 48.0 Å². The van der Waals surface area contributed by atoms with E-state index in [-0.39, 0.29) is 24.0 Å². The number of hydrogen-bond acceptors (Lipinski definition) is 4. The number of ether oxygens (including phenoxy) is 2. The summed E-state index contributed by atoms with van der Waals surface area (Å²) in [6, 6.07) is 14.1. The molecule has 0 unspecified atom stereocenters. The number of halogens is 1. The smallest absolute Gasteiger partial charge is 0.195 e. The van der Waals surface area contributed by atoms with Gasteiger partial charge in [-0.05, 0) is 36.1 Å². The van der Waals surface area contributed by atoms with Gasteiger partial charge in [-0.15, -0.1) is 35.7 Å². The highest BCUT2D eigenvalue weighted by molar-refractivity contribution is 14.0. The molecule has 0 spiro atoms. The Balaban J connectivity index is 0.00000312. The second kappa shape index (κ2) is 11.1. The molecule has 136 valence electrons. The lowest BCUT2D eigenvalue weighted by Crippen LogP contribution is -2.30. The Kier molecular flexibility index (Phi) is 9.51. The number of methoxy groups -OCH3 is 2. The van der Waals surface area contributed by atoms with Crippen molar-refractivity contribution in [2.75, 3.05) is 32.8 Å². The van der Waals surface area contributed by atoms with Crippen LogP contribution in [0.5, 0.6) is 11.5 Å². The van der Waals surface area contributed by atoms with E-state index in [1.165, 1.54) is 10.5 Å². The summed E-state index contributed by atoms with van der Waals surface area (Å²) in [7, 11) is 4.98. The van der Waals surface area contributed by atoms with E-state index in [4.69, 9.17) is 9.47 Å². The lowest BCUT2D eigenvalue weighted by Gasteiger charge is -2.14. The average molecular weight is 473 g/mol. The number of hydrogen-bond donors (Lipinski definition) is 2. The topological polar surface area (TPSA) is 54.9 Å². The first-order chi connectivity index (χ1) is 11.7. The van der Waals surface area contributed by atoms with Gasteiger partial charge < -0.3 is 20.1 Å². The number of guanidine groups is 1. The number of benzene rings is 2. The molecule has 25 heavy (non-hydrogen) atoms. The molecule has 0 radical (unpaired) electrons. The molecule has 0 aliphatic heterocycles. The summed E-state index contributed by atoms with van der Waals surface area (Å²) in [6.45, 7) is 0.696. The van der Waals surface area contributed by atoms with E-state index in [9.17, 15) is 0 Å². The number of thioether (sulfide) groups is 1. The van der Waals surface area contributed by atoms with Gasteiger partial charge in [0, 0.05) is 30.2 Å². The predicted octanol–water partition coefficient (Wildman–Crippen LogP) is 4.23. The van der Waals surface area contributed by atoms with Crippen LogP contribution in [-0.4, -0.2) is 33.5 Å². The standard InChI is InChI=1S/C18H23N3O2S.HI/c1-19-18(20-12-13-5-8-15(24-4)9-6-13)21-14-7-10-16(22-2)17(11-14)23-3;/h5-11H,12H2,1-4H3,(H2,19,20,21);1H. The van der Waals surface area contributed by atoms with Crippen molar-refractivity contribution in [1.82, 2.24) is 5.32 Å². The minimum atomic E-state index is 0. The summed E-state index contributed by atoms with van der Waals surface area (Å²) in [6.07, 6.45) is 2.07. The van der Waals surface area contributed by atoms with Gasteiger partial charge >= 0.3 is 0 Å². The molecule has 0 saturated heterocycles. The maximum atomic E-state index is 5.32. The second-order valence-corrected chi connectivity index (χ2v) is 5.85. The van der Waals surface area contributed by atoms with Crippen molar-refractivity contribution < 1.29 is 9.47 Å². The second-order valence-electron chi connectivity index (χ2n) is 4.97. The first-order valence-corrected chi connectivity index (χ1v) is 8.75. The monoisotopic (exact) mass is 473 g/mol. The molecule has 2 rings (SSSR count). The van der Waals surface area contributed by atoms with Gasteiger partial charge in [-0.3, -0.25) is 4.99 Å². The van der Waals surface area contributed by atoms with Crippen molar-refractivity contribution in [1.29, 1.82) is 0 Å². The molecule has 7 heteroatoms. The molecular weight excluding hydrogens is 449 g/mol. The molecule has 0 aliphatic rings. The largest absolute Gasteiger partial charge is 0.493 e. The van der Waals surface area contributed by atoms with Gasteiger partial charge in [-0.25, -0.2) is 0 Å². The quantitative estimate of drug-likeness (QED) is 0.285. The van der Waals surface area contributed by atoms with Crippen LogP contribution < -0.4 is 20.1 Å². The Bertz CT molecular complexity index is 693. The van der Waals surface area contributed by atoms with Crippen LogP contribution in [-0.2, 0) is 6.54 Å². The van der Waals surface area contributed by atoms with Crippen LogP contribution in [0.2, 0.25) is 0 Å². The Morgan fingerprint density at radius 1 is 1.04 bits per heavy atom. The zero-order chi connectivity index (χ0) is 17.4. The van der Waals surface area contributed by atoms with Crippen molar-refractivity contribution >= 4 is 47.4 Å². The van der Waals surface area contributed by atoms with Crippen LogP contribution in [0.4, 0.5) is 5.69 Å². The van der Waals surface area contributed by atoms with Crippen molar-refractivity contribution in [2.45, 2.75) is 11.4 Å². The molecule has 0 aliphatic carbocycles. The van der Waals surface area contributed by atoms with Gasteiger partial charge in [0.25, 0.3) is 0 Å². The van der Waals surface area contributed by atoms with Crippen LogP contribution in [0.1, 0.15) is 5.56 Å². The van der Waals surface area contributed by atoms with E-state index in [0.717, 1.165) is 5.69 Å². The molecule has 0 fully saturated rings. The summed E-state index contributed by atoms with van der Waals surface area (Å²) >= 11 is 1.74. The van der Waals surface area contributed by atoms with E-state index in [1.807, 2.05) is 18.2 Å². The van der Waals surface area contributed by atoms with Crippen molar-refractivity contribution in [3.8, 4) is 11.5 Å². The maximum Gasteiger partial charge on any atom is 0.195 e.